The molecule has 0 aromatic carbocycles. The van der Waals surface area contributed by atoms with Gasteiger partial charge in [-0.25, -0.2) is 0 Å². The van der Waals surface area contributed by atoms with Gasteiger partial charge in [-0.1, -0.05) is 13.0 Å². The van der Waals surface area contributed by atoms with Gasteiger partial charge in [0, 0.05) is 44.0 Å². The Hall–Kier alpha value is -1.02. The molecule has 0 amide bonds. The first-order valence-corrected chi connectivity index (χ1v) is 10.0. The molecule has 6 nitrogen and oxygen atoms in total. The lowest BCUT2D eigenvalue weighted by Crippen LogP contribution is -2.49. The van der Waals surface area contributed by atoms with Crippen LogP contribution in [0.5, 0.6) is 0 Å². The minimum atomic E-state index is -3.47. The topological polar surface area (TPSA) is 71.5 Å². The van der Waals surface area contributed by atoms with Crippen LogP contribution in [-0.2, 0) is 14.3 Å². The lowest BCUT2D eigenvalue weighted by atomic mass is 9.95. The molecule has 0 aliphatic carbocycles. The van der Waals surface area contributed by atoms with Crippen molar-refractivity contribution in [2.24, 2.45) is 0 Å². The summed E-state index contributed by atoms with van der Waals surface area (Å²) < 4.78 is 28.5. The van der Waals surface area contributed by atoms with Crippen molar-refractivity contribution in [2.45, 2.75) is 38.3 Å². The molecule has 1 fully saturated rings. The first kappa shape index (κ1) is 18.3. The third kappa shape index (κ3) is 6.18. The Balaban J connectivity index is 2.01. The molecule has 1 aliphatic rings. The van der Waals surface area contributed by atoms with Crippen molar-refractivity contribution in [3.8, 4) is 0 Å². The Labute approximate surface area is 139 Å². The molecule has 1 N–H and O–H groups in total. The molecule has 0 bridgehead atoms. The maximum atomic E-state index is 11.6. The number of nitrogens with one attached hydrogen (secondary N) is 1. The van der Waals surface area contributed by atoms with Gasteiger partial charge in [0.15, 0.2) is 0 Å². The van der Waals surface area contributed by atoms with E-state index in [1.165, 1.54) is 0 Å². The number of piperazine rings is 1. The van der Waals surface area contributed by atoms with Crippen LogP contribution in [0.1, 0.15) is 37.8 Å². The second-order valence-electron chi connectivity index (χ2n) is 5.98. The molecule has 130 valence electrons. The van der Waals surface area contributed by atoms with Gasteiger partial charge < -0.3 is 5.32 Å². The van der Waals surface area contributed by atoms with Gasteiger partial charge in [-0.05, 0) is 31.4 Å². The average Bonchev–Trinajstić information content (AvgIpc) is 2.55. The smallest absolute Gasteiger partial charge is 0.265 e. The van der Waals surface area contributed by atoms with Gasteiger partial charge in [0.25, 0.3) is 10.1 Å². The quantitative estimate of drug-likeness (QED) is 0.724. The van der Waals surface area contributed by atoms with E-state index in [4.69, 9.17) is 4.18 Å². The second-order valence-corrected chi connectivity index (χ2v) is 7.58. The summed E-state index contributed by atoms with van der Waals surface area (Å²) in [7, 11) is -3.47. The fraction of sp³-hybridized carbons (Fsp3) is 0.688. The lowest BCUT2D eigenvalue weighted by Gasteiger charge is -2.34. The fourth-order valence-electron chi connectivity index (χ4n) is 2.99. The van der Waals surface area contributed by atoms with Gasteiger partial charge in [0.1, 0.15) is 6.23 Å². The normalized spacial score (nSPS) is 19.4. The van der Waals surface area contributed by atoms with E-state index in [-0.39, 0.29) is 6.23 Å². The van der Waals surface area contributed by atoms with Crippen LogP contribution in [0.25, 0.3) is 0 Å². The number of rotatable bonds is 8. The van der Waals surface area contributed by atoms with Crippen molar-refractivity contribution in [2.75, 3.05) is 32.4 Å². The van der Waals surface area contributed by atoms with E-state index < -0.39 is 10.1 Å². The third-order valence-electron chi connectivity index (χ3n) is 4.21. The van der Waals surface area contributed by atoms with Crippen molar-refractivity contribution < 1.29 is 12.6 Å². The maximum Gasteiger partial charge on any atom is 0.265 e. The molecule has 0 saturated carbocycles. The first-order valence-electron chi connectivity index (χ1n) is 8.23. The van der Waals surface area contributed by atoms with E-state index in [1.807, 2.05) is 18.2 Å². The minimum absolute atomic E-state index is 0.324. The van der Waals surface area contributed by atoms with Gasteiger partial charge >= 0.3 is 0 Å². The maximum absolute atomic E-state index is 11.6. The minimum Gasteiger partial charge on any atom is -0.314 e. The largest absolute Gasteiger partial charge is 0.314 e. The standard InChI is InChI=1S/C16H27N3O3S/c1-3-14(15-6-4-5-9-18-15)7-8-16(22-23(2,20)21)19-12-10-17-11-13-19/h4-6,9,14,16-17H,3,7-8,10-13H2,1-2H3. The van der Waals surface area contributed by atoms with Crippen LogP contribution < -0.4 is 5.32 Å². The Morgan fingerprint density at radius 3 is 2.61 bits per heavy atom. The van der Waals surface area contributed by atoms with Crippen LogP contribution in [0.3, 0.4) is 0 Å². The highest BCUT2D eigenvalue weighted by Crippen LogP contribution is 2.25. The van der Waals surface area contributed by atoms with Crippen molar-refractivity contribution >= 4 is 10.1 Å². The van der Waals surface area contributed by atoms with Crippen LogP contribution in [0.4, 0.5) is 0 Å². The molecule has 2 atom stereocenters. The third-order valence-corrected chi connectivity index (χ3v) is 4.78. The summed E-state index contributed by atoms with van der Waals surface area (Å²) in [6, 6.07) is 5.93. The summed E-state index contributed by atoms with van der Waals surface area (Å²) in [5.41, 5.74) is 1.06. The number of hydrogen-bond donors (Lipinski definition) is 1. The summed E-state index contributed by atoms with van der Waals surface area (Å²) in [6.45, 7) is 5.47. The zero-order chi connectivity index (χ0) is 16.7. The Morgan fingerprint density at radius 2 is 2.04 bits per heavy atom. The predicted molar refractivity (Wildman–Crippen MR) is 90.7 cm³/mol. The van der Waals surface area contributed by atoms with Crippen molar-refractivity contribution in [1.29, 1.82) is 0 Å². The van der Waals surface area contributed by atoms with Gasteiger partial charge in [0.2, 0.25) is 0 Å². The summed E-state index contributed by atoms with van der Waals surface area (Å²) in [6.07, 6.45) is 5.06. The highest BCUT2D eigenvalue weighted by atomic mass is 32.2. The molecule has 2 heterocycles. The molecule has 23 heavy (non-hydrogen) atoms. The zero-order valence-electron chi connectivity index (χ0n) is 13.9. The van der Waals surface area contributed by atoms with Crippen LogP contribution in [0.2, 0.25) is 0 Å². The molecule has 2 rings (SSSR count). The lowest BCUT2D eigenvalue weighted by molar-refractivity contribution is 0.0138. The predicted octanol–water partition coefficient (Wildman–Crippen LogP) is 1.56. The summed E-state index contributed by atoms with van der Waals surface area (Å²) in [4.78, 5) is 6.55. The highest BCUT2D eigenvalue weighted by Gasteiger charge is 2.26. The van der Waals surface area contributed by atoms with Gasteiger partial charge in [-0.15, -0.1) is 0 Å². The van der Waals surface area contributed by atoms with Crippen LogP contribution >= 0.6 is 0 Å². The highest BCUT2D eigenvalue weighted by molar-refractivity contribution is 7.86. The van der Waals surface area contributed by atoms with Gasteiger partial charge in [-0.2, -0.15) is 8.42 Å². The number of aromatic nitrogens is 1. The van der Waals surface area contributed by atoms with Crippen LogP contribution in [0, 0.1) is 0 Å². The zero-order valence-corrected chi connectivity index (χ0v) is 14.8. The first-order chi connectivity index (χ1) is 11.0. The molecule has 1 saturated heterocycles. The molecule has 2 unspecified atom stereocenters. The number of nitrogens with zero attached hydrogens (tertiary/aromatic N) is 2. The monoisotopic (exact) mass is 341 g/mol. The molecular formula is C16H27N3O3S. The van der Waals surface area contributed by atoms with Crippen molar-refractivity contribution in [3.05, 3.63) is 30.1 Å². The molecular weight excluding hydrogens is 314 g/mol. The molecule has 7 heteroatoms. The Morgan fingerprint density at radius 1 is 1.30 bits per heavy atom. The Bertz CT molecular complexity index is 559. The number of pyridine rings is 1. The summed E-state index contributed by atoms with van der Waals surface area (Å²) in [5.74, 6) is 0.324. The summed E-state index contributed by atoms with van der Waals surface area (Å²) >= 11 is 0. The van der Waals surface area contributed by atoms with Gasteiger partial charge in [-0.3, -0.25) is 14.1 Å². The number of hydrogen-bond acceptors (Lipinski definition) is 6. The van der Waals surface area contributed by atoms with E-state index in [1.54, 1.807) is 6.20 Å². The van der Waals surface area contributed by atoms with E-state index >= 15 is 0 Å². The van der Waals surface area contributed by atoms with E-state index in [0.717, 1.165) is 51.0 Å². The fourth-order valence-corrected chi connectivity index (χ4v) is 3.61. The molecule has 0 radical (unpaired) electrons. The Kier molecular flexibility index (Phi) is 6.95. The van der Waals surface area contributed by atoms with Crippen molar-refractivity contribution in [1.82, 2.24) is 15.2 Å². The molecule has 1 aliphatic heterocycles. The summed E-state index contributed by atoms with van der Waals surface area (Å²) in [5, 5.41) is 3.28. The molecule has 1 aromatic heterocycles. The average molecular weight is 341 g/mol. The molecule has 1 aromatic rings. The molecule has 0 spiro atoms. The SMILES string of the molecule is CCC(CCC(OS(C)(=O)=O)N1CCNCC1)c1ccccn1. The van der Waals surface area contributed by atoms with E-state index in [0.29, 0.717) is 12.3 Å². The van der Waals surface area contributed by atoms with Crippen molar-refractivity contribution in [3.63, 3.8) is 0 Å². The second kappa shape index (κ2) is 8.73. The van der Waals surface area contributed by atoms with E-state index in [2.05, 4.69) is 22.1 Å². The van der Waals surface area contributed by atoms with Crippen LogP contribution in [-0.4, -0.2) is 57.0 Å². The van der Waals surface area contributed by atoms with Gasteiger partial charge in [0.05, 0.1) is 6.26 Å². The van der Waals surface area contributed by atoms with E-state index in [9.17, 15) is 8.42 Å². The van der Waals surface area contributed by atoms with Crippen LogP contribution in [0.15, 0.2) is 24.4 Å².